The van der Waals surface area contributed by atoms with Crippen molar-refractivity contribution in [3.8, 4) is 0 Å². The van der Waals surface area contributed by atoms with Crippen molar-refractivity contribution in [1.29, 1.82) is 0 Å². The van der Waals surface area contributed by atoms with Gasteiger partial charge in [-0.25, -0.2) is 8.78 Å². The maximum atomic E-state index is 13.4. The minimum absolute atomic E-state index is 0.120. The van der Waals surface area contributed by atoms with E-state index in [-0.39, 0.29) is 5.69 Å². The van der Waals surface area contributed by atoms with Crippen LogP contribution in [0.25, 0.3) is 0 Å². The SMILES string of the molecule is Cn1cc(C(N)C(=O)Nc2ccc(F)cc2F)cn1. The lowest BCUT2D eigenvalue weighted by molar-refractivity contribution is -0.117. The molecule has 0 bridgehead atoms. The second-order valence-electron chi connectivity index (χ2n) is 4.04. The van der Waals surface area contributed by atoms with Gasteiger partial charge in [-0.3, -0.25) is 9.48 Å². The predicted octanol–water partition coefficient (Wildman–Crippen LogP) is 1.34. The van der Waals surface area contributed by atoms with Gasteiger partial charge >= 0.3 is 0 Å². The Morgan fingerprint density at radius 2 is 2.21 bits per heavy atom. The first-order valence-corrected chi connectivity index (χ1v) is 5.47. The molecule has 1 aromatic carbocycles. The van der Waals surface area contributed by atoms with E-state index in [1.165, 1.54) is 10.9 Å². The molecular weight excluding hydrogens is 254 g/mol. The van der Waals surface area contributed by atoms with Gasteiger partial charge in [0, 0.05) is 24.9 Å². The van der Waals surface area contributed by atoms with Crippen LogP contribution < -0.4 is 11.1 Å². The molecule has 2 aromatic rings. The highest BCUT2D eigenvalue weighted by Crippen LogP contribution is 2.17. The Hall–Kier alpha value is -2.28. The molecule has 0 radical (unpaired) electrons. The fraction of sp³-hybridized carbons (Fsp3) is 0.167. The first-order valence-electron chi connectivity index (χ1n) is 5.47. The highest BCUT2D eigenvalue weighted by atomic mass is 19.1. The number of aryl methyl sites for hydroxylation is 1. The number of anilines is 1. The van der Waals surface area contributed by atoms with Gasteiger partial charge in [0.15, 0.2) is 0 Å². The third-order valence-corrected chi connectivity index (χ3v) is 2.56. The van der Waals surface area contributed by atoms with Crippen LogP contribution in [-0.2, 0) is 11.8 Å². The molecule has 3 N–H and O–H groups in total. The van der Waals surface area contributed by atoms with Gasteiger partial charge < -0.3 is 11.1 Å². The molecule has 2 rings (SSSR count). The maximum absolute atomic E-state index is 13.4. The third kappa shape index (κ3) is 2.94. The van der Waals surface area contributed by atoms with Crippen LogP contribution >= 0.6 is 0 Å². The Morgan fingerprint density at radius 1 is 1.47 bits per heavy atom. The van der Waals surface area contributed by atoms with Crippen LogP contribution in [-0.4, -0.2) is 15.7 Å². The Balaban J connectivity index is 2.12. The molecular formula is C12H12F2N4O. The fourth-order valence-electron chi connectivity index (χ4n) is 1.55. The molecule has 100 valence electrons. The Bertz CT molecular complexity index is 612. The standard InChI is InChI=1S/C12H12F2N4O/c1-18-6-7(5-16-18)11(15)12(19)17-10-3-2-8(13)4-9(10)14/h2-6,11H,15H2,1H3,(H,17,19). The van der Waals surface area contributed by atoms with E-state index in [4.69, 9.17) is 5.73 Å². The molecule has 0 aliphatic carbocycles. The molecule has 1 heterocycles. The lowest BCUT2D eigenvalue weighted by Gasteiger charge is -2.11. The second kappa shape index (κ2) is 5.15. The predicted molar refractivity (Wildman–Crippen MR) is 65.1 cm³/mol. The van der Waals surface area contributed by atoms with Gasteiger partial charge in [0.1, 0.15) is 17.7 Å². The molecule has 0 saturated carbocycles. The zero-order valence-corrected chi connectivity index (χ0v) is 10.1. The van der Waals surface area contributed by atoms with Gasteiger partial charge in [-0.2, -0.15) is 5.10 Å². The number of halogens is 2. The monoisotopic (exact) mass is 266 g/mol. The summed E-state index contributed by atoms with van der Waals surface area (Å²) in [5.41, 5.74) is 6.10. The van der Waals surface area contributed by atoms with Crippen LogP contribution in [0, 0.1) is 11.6 Å². The fourth-order valence-corrected chi connectivity index (χ4v) is 1.55. The number of carbonyl (C=O) groups is 1. The van der Waals surface area contributed by atoms with Gasteiger partial charge in [-0.05, 0) is 12.1 Å². The summed E-state index contributed by atoms with van der Waals surface area (Å²) >= 11 is 0. The van der Waals surface area contributed by atoms with E-state index in [9.17, 15) is 13.6 Å². The summed E-state index contributed by atoms with van der Waals surface area (Å²) in [4.78, 5) is 11.8. The van der Waals surface area contributed by atoms with Crippen LogP contribution in [0.15, 0.2) is 30.6 Å². The normalized spacial score (nSPS) is 12.2. The van der Waals surface area contributed by atoms with Crippen molar-refractivity contribution in [1.82, 2.24) is 9.78 Å². The van der Waals surface area contributed by atoms with Crippen LogP contribution in [0.1, 0.15) is 11.6 Å². The molecule has 0 fully saturated rings. The molecule has 0 aliphatic rings. The van der Waals surface area contributed by atoms with Gasteiger partial charge in [0.2, 0.25) is 5.91 Å². The minimum Gasteiger partial charge on any atom is -0.322 e. The van der Waals surface area contributed by atoms with Crippen LogP contribution in [0.2, 0.25) is 0 Å². The number of aromatic nitrogens is 2. The number of hydrogen-bond acceptors (Lipinski definition) is 3. The van der Waals surface area contributed by atoms with E-state index in [2.05, 4.69) is 10.4 Å². The van der Waals surface area contributed by atoms with E-state index >= 15 is 0 Å². The van der Waals surface area contributed by atoms with E-state index < -0.39 is 23.6 Å². The lowest BCUT2D eigenvalue weighted by Crippen LogP contribution is -2.27. The van der Waals surface area contributed by atoms with Gasteiger partial charge in [0.05, 0.1) is 11.9 Å². The largest absolute Gasteiger partial charge is 0.322 e. The quantitative estimate of drug-likeness (QED) is 0.880. The van der Waals surface area contributed by atoms with Crippen LogP contribution in [0.3, 0.4) is 0 Å². The van der Waals surface area contributed by atoms with Gasteiger partial charge in [-0.15, -0.1) is 0 Å². The smallest absolute Gasteiger partial charge is 0.246 e. The molecule has 0 saturated heterocycles. The Labute approximate surface area is 108 Å². The molecule has 5 nitrogen and oxygen atoms in total. The van der Waals surface area contributed by atoms with Gasteiger partial charge in [-0.1, -0.05) is 0 Å². The first kappa shape index (κ1) is 13.2. The van der Waals surface area contributed by atoms with Crippen molar-refractivity contribution in [2.75, 3.05) is 5.32 Å². The highest BCUT2D eigenvalue weighted by Gasteiger charge is 2.18. The number of benzene rings is 1. The molecule has 0 spiro atoms. The van der Waals surface area contributed by atoms with E-state index in [0.717, 1.165) is 12.1 Å². The molecule has 7 heteroatoms. The number of nitrogens with two attached hydrogens (primary N) is 1. The van der Waals surface area contributed by atoms with Crippen molar-refractivity contribution in [3.05, 3.63) is 47.8 Å². The number of nitrogens with zero attached hydrogens (tertiary/aromatic N) is 2. The zero-order chi connectivity index (χ0) is 14.0. The average Bonchev–Trinajstić information content (AvgIpc) is 2.78. The highest BCUT2D eigenvalue weighted by molar-refractivity contribution is 5.95. The van der Waals surface area contributed by atoms with Crippen molar-refractivity contribution in [3.63, 3.8) is 0 Å². The third-order valence-electron chi connectivity index (χ3n) is 2.56. The molecule has 1 aromatic heterocycles. The van der Waals surface area contributed by atoms with Crippen molar-refractivity contribution in [2.45, 2.75) is 6.04 Å². The Kier molecular flexibility index (Phi) is 3.57. The summed E-state index contributed by atoms with van der Waals surface area (Å²) in [6.07, 6.45) is 3.04. The molecule has 19 heavy (non-hydrogen) atoms. The van der Waals surface area contributed by atoms with Crippen LogP contribution in [0.4, 0.5) is 14.5 Å². The molecule has 1 amide bonds. The number of amides is 1. The van der Waals surface area contributed by atoms with E-state index in [1.54, 1.807) is 13.2 Å². The number of carbonyl (C=O) groups excluding carboxylic acids is 1. The number of hydrogen-bond donors (Lipinski definition) is 2. The zero-order valence-electron chi connectivity index (χ0n) is 10.1. The summed E-state index contributed by atoms with van der Waals surface area (Å²) in [6, 6.07) is 1.90. The number of rotatable bonds is 3. The first-order chi connectivity index (χ1) is 8.97. The number of nitrogens with one attached hydrogen (secondary N) is 1. The average molecular weight is 266 g/mol. The summed E-state index contributed by atoms with van der Waals surface area (Å²) in [6.45, 7) is 0. The second-order valence-corrected chi connectivity index (χ2v) is 4.04. The summed E-state index contributed by atoms with van der Waals surface area (Å²) < 4.78 is 27.6. The van der Waals surface area contributed by atoms with Crippen molar-refractivity contribution < 1.29 is 13.6 Å². The van der Waals surface area contributed by atoms with E-state index in [1.807, 2.05) is 0 Å². The van der Waals surface area contributed by atoms with Crippen molar-refractivity contribution in [2.24, 2.45) is 12.8 Å². The topological polar surface area (TPSA) is 72.9 Å². The summed E-state index contributed by atoms with van der Waals surface area (Å²) in [7, 11) is 1.69. The van der Waals surface area contributed by atoms with Gasteiger partial charge in [0.25, 0.3) is 0 Å². The van der Waals surface area contributed by atoms with E-state index in [0.29, 0.717) is 11.6 Å². The minimum atomic E-state index is -0.974. The lowest BCUT2D eigenvalue weighted by atomic mass is 10.1. The maximum Gasteiger partial charge on any atom is 0.246 e. The molecule has 1 unspecified atom stereocenters. The molecule has 0 aliphatic heterocycles. The Morgan fingerprint density at radius 3 is 2.79 bits per heavy atom. The van der Waals surface area contributed by atoms with Crippen molar-refractivity contribution >= 4 is 11.6 Å². The summed E-state index contributed by atoms with van der Waals surface area (Å²) in [5, 5.41) is 6.19. The summed E-state index contributed by atoms with van der Waals surface area (Å²) in [5.74, 6) is -2.17. The molecule has 1 atom stereocenters. The van der Waals surface area contributed by atoms with Crippen LogP contribution in [0.5, 0.6) is 0 Å².